The third-order valence-corrected chi connectivity index (χ3v) is 4.53. The molecule has 3 heterocycles. The van der Waals surface area contributed by atoms with E-state index in [0.717, 1.165) is 28.9 Å². The summed E-state index contributed by atoms with van der Waals surface area (Å²) in [7, 11) is 0. The maximum atomic E-state index is 5.84. The van der Waals surface area contributed by atoms with Crippen LogP contribution in [0.2, 0.25) is 0 Å². The van der Waals surface area contributed by atoms with E-state index in [0.29, 0.717) is 19.1 Å². The second kappa shape index (κ2) is 6.82. The van der Waals surface area contributed by atoms with Crippen molar-refractivity contribution in [2.45, 2.75) is 58.5 Å². The Kier molecular flexibility index (Phi) is 4.51. The lowest BCUT2D eigenvalue weighted by Crippen LogP contribution is -2.24. The summed E-state index contributed by atoms with van der Waals surface area (Å²) in [5, 5.41) is 8.50. The lowest BCUT2D eigenvalue weighted by molar-refractivity contribution is -0.0887. The van der Waals surface area contributed by atoms with Crippen LogP contribution in [0.25, 0.3) is 11.4 Å². The number of pyridine rings is 1. The Bertz CT molecular complexity index is 858. The zero-order valence-corrected chi connectivity index (χ0v) is 15.5. The molecule has 1 saturated carbocycles. The summed E-state index contributed by atoms with van der Waals surface area (Å²) >= 11 is 0. The summed E-state index contributed by atoms with van der Waals surface area (Å²) in [4.78, 5) is 4.61. The van der Waals surface area contributed by atoms with E-state index in [4.69, 9.17) is 9.47 Å². The van der Waals surface area contributed by atoms with Gasteiger partial charge in [-0.3, -0.25) is 4.98 Å². The van der Waals surface area contributed by atoms with Gasteiger partial charge in [-0.05, 0) is 44.7 Å². The van der Waals surface area contributed by atoms with Gasteiger partial charge in [-0.1, -0.05) is 24.0 Å². The Hall–Kier alpha value is -2.23. The average Bonchev–Trinajstić information content (AvgIpc) is 3.24. The fourth-order valence-electron chi connectivity index (χ4n) is 2.95. The van der Waals surface area contributed by atoms with Crippen molar-refractivity contribution in [3.05, 3.63) is 29.6 Å². The van der Waals surface area contributed by atoms with Crippen LogP contribution in [0.1, 0.15) is 44.7 Å². The van der Waals surface area contributed by atoms with E-state index in [1.165, 1.54) is 12.8 Å². The van der Waals surface area contributed by atoms with Gasteiger partial charge < -0.3 is 9.47 Å². The van der Waals surface area contributed by atoms with E-state index in [9.17, 15) is 0 Å². The lowest BCUT2D eigenvalue weighted by Gasteiger charge is -2.15. The Morgan fingerprint density at radius 2 is 2.19 bits per heavy atom. The van der Waals surface area contributed by atoms with Crippen molar-refractivity contribution >= 4 is 0 Å². The SMILES string of the molecule is CCc1cc(C#CC2CC2)cnc1-c1cn(CC2OCC(C)(C)O2)nn1. The van der Waals surface area contributed by atoms with Crippen LogP contribution in [0, 0.1) is 17.8 Å². The summed E-state index contributed by atoms with van der Waals surface area (Å²) in [6, 6.07) is 2.11. The van der Waals surface area contributed by atoms with E-state index < -0.39 is 0 Å². The fourth-order valence-corrected chi connectivity index (χ4v) is 2.95. The van der Waals surface area contributed by atoms with Crippen LogP contribution in [0.4, 0.5) is 0 Å². The van der Waals surface area contributed by atoms with Crippen molar-refractivity contribution in [2.24, 2.45) is 5.92 Å². The third kappa shape index (κ3) is 3.95. The van der Waals surface area contributed by atoms with Crippen LogP contribution in [0.3, 0.4) is 0 Å². The minimum atomic E-state index is -0.293. The van der Waals surface area contributed by atoms with Crippen molar-refractivity contribution in [3.63, 3.8) is 0 Å². The van der Waals surface area contributed by atoms with Gasteiger partial charge in [0.1, 0.15) is 5.69 Å². The fraction of sp³-hybridized carbons (Fsp3) is 0.550. The van der Waals surface area contributed by atoms with E-state index in [1.54, 1.807) is 4.68 Å². The molecule has 1 aliphatic heterocycles. The monoisotopic (exact) mass is 352 g/mol. The molecule has 0 spiro atoms. The van der Waals surface area contributed by atoms with Gasteiger partial charge in [0.15, 0.2) is 6.29 Å². The number of nitrogens with zero attached hydrogens (tertiary/aromatic N) is 4. The van der Waals surface area contributed by atoms with Crippen LogP contribution in [0.5, 0.6) is 0 Å². The molecule has 6 heteroatoms. The lowest BCUT2D eigenvalue weighted by atomic mass is 10.1. The van der Waals surface area contributed by atoms with Crippen molar-refractivity contribution in [1.29, 1.82) is 0 Å². The normalized spacial score (nSPS) is 21.4. The number of hydrogen-bond donors (Lipinski definition) is 0. The van der Waals surface area contributed by atoms with Gasteiger partial charge in [-0.15, -0.1) is 5.10 Å². The molecule has 4 rings (SSSR count). The highest BCUT2D eigenvalue weighted by Crippen LogP contribution is 2.28. The van der Waals surface area contributed by atoms with Crippen molar-refractivity contribution in [1.82, 2.24) is 20.0 Å². The molecule has 0 N–H and O–H groups in total. The highest BCUT2D eigenvalue weighted by molar-refractivity contribution is 5.59. The molecule has 2 aromatic rings. The van der Waals surface area contributed by atoms with E-state index in [1.807, 2.05) is 26.2 Å². The minimum absolute atomic E-state index is 0.248. The molecule has 0 bridgehead atoms. The van der Waals surface area contributed by atoms with Gasteiger partial charge in [-0.2, -0.15) is 0 Å². The van der Waals surface area contributed by atoms with Gasteiger partial charge in [-0.25, -0.2) is 4.68 Å². The molecule has 1 atom stereocenters. The maximum absolute atomic E-state index is 5.84. The molecule has 2 aromatic heterocycles. The standard InChI is InChI=1S/C20H24N4O2/c1-4-16-9-15(8-7-14-5-6-14)10-21-19(16)17-11-24(23-22-17)12-18-25-13-20(2,3)26-18/h9-11,14,18H,4-6,12-13H2,1-3H3. The highest BCUT2D eigenvalue weighted by atomic mass is 16.7. The van der Waals surface area contributed by atoms with Gasteiger partial charge in [0.05, 0.1) is 30.6 Å². The Morgan fingerprint density at radius 1 is 1.35 bits per heavy atom. The van der Waals surface area contributed by atoms with Crippen LogP contribution >= 0.6 is 0 Å². The molecule has 0 radical (unpaired) electrons. The summed E-state index contributed by atoms with van der Waals surface area (Å²) < 4.78 is 13.2. The average molecular weight is 352 g/mol. The number of hydrogen-bond acceptors (Lipinski definition) is 5. The van der Waals surface area contributed by atoms with Crippen LogP contribution in [-0.2, 0) is 22.4 Å². The van der Waals surface area contributed by atoms with E-state index in [2.05, 4.69) is 40.1 Å². The first-order valence-corrected chi connectivity index (χ1v) is 9.23. The quantitative estimate of drug-likeness (QED) is 0.792. The number of rotatable bonds is 4. The van der Waals surface area contributed by atoms with Gasteiger partial charge >= 0.3 is 0 Å². The number of aromatic nitrogens is 4. The summed E-state index contributed by atoms with van der Waals surface area (Å²) in [5.41, 5.74) is 3.49. The number of ether oxygens (including phenoxy) is 2. The molecule has 0 aromatic carbocycles. The topological polar surface area (TPSA) is 62.1 Å². The molecule has 2 aliphatic rings. The smallest absolute Gasteiger partial charge is 0.178 e. The summed E-state index contributed by atoms with van der Waals surface area (Å²) in [6.45, 7) is 7.26. The van der Waals surface area contributed by atoms with Gasteiger partial charge in [0, 0.05) is 17.7 Å². The molecular weight excluding hydrogens is 328 g/mol. The molecule has 1 aliphatic carbocycles. The van der Waals surface area contributed by atoms with Gasteiger partial charge in [0.25, 0.3) is 0 Å². The second-order valence-corrected chi connectivity index (χ2v) is 7.57. The van der Waals surface area contributed by atoms with Crippen molar-refractivity contribution in [2.75, 3.05) is 6.61 Å². The highest BCUT2D eigenvalue weighted by Gasteiger charge is 2.33. The predicted octanol–water partition coefficient (Wildman–Crippen LogP) is 2.82. The molecule has 2 fully saturated rings. The van der Waals surface area contributed by atoms with E-state index >= 15 is 0 Å². The molecule has 0 amide bonds. The second-order valence-electron chi connectivity index (χ2n) is 7.57. The zero-order chi connectivity index (χ0) is 18.1. The van der Waals surface area contributed by atoms with Crippen LogP contribution in [0.15, 0.2) is 18.5 Å². The molecule has 6 nitrogen and oxygen atoms in total. The zero-order valence-electron chi connectivity index (χ0n) is 15.5. The Balaban J connectivity index is 1.50. The summed E-state index contributed by atoms with van der Waals surface area (Å²) in [6.07, 6.45) is 6.76. The van der Waals surface area contributed by atoms with Crippen molar-refractivity contribution < 1.29 is 9.47 Å². The van der Waals surface area contributed by atoms with Gasteiger partial charge in [0.2, 0.25) is 0 Å². The molecule has 1 unspecified atom stereocenters. The molecule has 26 heavy (non-hydrogen) atoms. The Morgan fingerprint density at radius 3 is 2.88 bits per heavy atom. The third-order valence-electron chi connectivity index (χ3n) is 4.53. The first kappa shape index (κ1) is 17.2. The predicted molar refractivity (Wildman–Crippen MR) is 97.1 cm³/mol. The van der Waals surface area contributed by atoms with Crippen LogP contribution < -0.4 is 0 Å². The van der Waals surface area contributed by atoms with Crippen LogP contribution in [-0.4, -0.2) is 38.5 Å². The van der Waals surface area contributed by atoms with Crippen molar-refractivity contribution in [3.8, 4) is 23.2 Å². The molecular formula is C20H24N4O2. The summed E-state index contributed by atoms with van der Waals surface area (Å²) in [5.74, 6) is 7.11. The maximum Gasteiger partial charge on any atom is 0.178 e. The number of aryl methyl sites for hydroxylation is 1. The Labute approximate surface area is 153 Å². The molecule has 1 saturated heterocycles. The molecule has 136 valence electrons. The van der Waals surface area contributed by atoms with E-state index in [-0.39, 0.29) is 11.9 Å². The largest absolute Gasteiger partial charge is 0.348 e. The first-order chi connectivity index (χ1) is 12.5. The first-order valence-electron chi connectivity index (χ1n) is 9.23. The minimum Gasteiger partial charge on any atom is -0.348 e.